The van der Waals surface area contributed by atoms with Gasteiger partial charge in [-0.05, 0) is 38.0 Å². The topological polar surface area (TPSA) is 47.6 Å². The van der Waals surface area contributed by atoms with Crippen LogP contribution in [0.25, 0.3) is 0 Å². The molecule has 0 aliphatic heterocycles. The molecule has 4 heteroatoms. The minimum Gasteiger partial charge on any atom is -0.490 e. The molecule has 0 heterocycles. The first-order chi connectivity index (χ1) is 9.72. The van der Waals surface area contributed by atoms with Crippen molar-refractivity contribution in [3.05, 3.63) is 23.8 Å². The van der Waals surface area contributed by atoms with Gasteiger partial charge in [0.25, 0.3) is 5.91 Å². The largest absolute Gasteiger partial charge is 0.490 e. The summed E-state index contributed by atoms with van der Waals surface area (Å²) in [6, 6.07) is 5.33. The molecule has 0 saturated carbocycles. The van der Waals surface area contributed by atoms with Gasteiger partial charge in [-0.25, -0.2) is 0 Å². The third-order valence-electron chi connectivity index (χ3n) is 2.80. The lowest BCUT2D eigenvalue weighted by Crippen LogP contribution is -2.23. The fraction of sp³-hybridized carbons (Fsp3) is 0.562. The van der Waals surface area contributed by atoms with Crippen LogP contribution in [0, 0.1) is 0 Å². The van der Waals surface area contributed by atoms with Crippen LogP contribution < -0.4 is 14.8 Å². The first kappa shape index (κ1) is 16.3. The summed E-state index contributed by atoms with van der Waals surface area (Å²) in [4.78, 5) is 11.9. The van der Waals surface area contributed by atoms with Gasteiger partial charge in [0.15, 0.2) is 11.5 Å². The standard InChI is InChI=1S/C16H25NO3/c1-4-7-11-20-14-9-8-13(12-15(14)19-6-3)16(18)17-10-5-2/h8-9,12H,4-7,10-11H2,1-3H3,(H,17,18). The molecule has 0 aliphatic carbocycles. The monoisotopic (exact) mass is 279 g/mol. The maximum atomic E-state index is 11.9. The summed E-state index contributed by atoms with van der Waals surface area (Å²) in [5.41, 5.74) is 0.602. The van der Waals surface area contributed by atoms with Gasteiger partial charge in [-0.3, -0.25) is 4.79 Å². The van der Waals surface area contributed by atoms with Crippen LogP contribution in [0.15, 0.2) is 18.2 Å². The van der Waals surface area contributed by atoms with Crippen LogP contribution >= 0.6 is 0 Å². The number of carbonyl (C=O) groups excluding carboxylic acids is 1. The molecular formula is C16H25NO3. The maximum absolute atomic E-state index is 11.9. The first-order valence-corrected chi connectivity index (χ1v) is 7.40. The molecule has 0 radical (unpaired) electrons. The van der Waals surface area contributed by atoms with Crippen molar-refractivity contribution < 1.29 is 14.3 Å². The number of hydrogen-bond acceptors (Lipinski definition) is 3. The molecule has 0 atom stereocenters. The summed E-state index contributed by atoms with van der Waals surface area (Å²) >= 11 is 0. The van der Waals surface area contributed by atoms with E-state index in [1.54, 1.807) is 12.1 Å². The second-order valence-electron chi connectivity index (χ2n) is 4.55. The molecule has 20 heavy (non-hydrogen) atoms. The molecule has 1 aromatic rings. The lowest BCUT2D eigenvalue weighted by atomic mass is 10.2. The molecule has 0 bridgehead atoms. The summed E-state index contributed by atoms with van der Waals surface area (Å²) in [5.74, 6) is 1.26. The van der Waals surface area contributed by atoms with Crippen LogP contribution in [-0.4, -0.2) is 25.7 Å². The molecule has 0 saturated heterocycles. The fourth-order valence-corrected chi connectivity index (χ4v) is 1.70. The Balaban J connectivity index is 2.79. The highest BCUT2D eigenvalue weighted by Crippen LogP contribution is 2.28. The van der Waals surface area contributed by atoms with Gasteiger partial charge in [0.1, 0.15) is 0 Å². The number of ether oxygens (including phenoxy) is 2. The van der Waals surface area contributed by atoms with E-state index in [1.807, 2.05) is 19.9 Å². The van der Waals surface area contributed by atoms with Gasteiger partial charge in [0.05, 0.1) is 13.2 Å². The van der Waals surface area contributed by atoms with Gasteiger partial charge >= 0.3 is 0 Å². The molecular weight excluding hydrogens is 254 g/mol. The highest BCUT2D eigenvalue weighted by molar-refractivity contribution is 5.94. The molecule has 0 unspecified atom stereocenters. The number of benzene rings is 1. The summed E-state index contributed by atoms with van der Waals surface area (Å²) in [7, 11) is 0. The predicted octanol–water partition coefficient (Wildman–Crippen LogP) is 3.40. The number of nitrogens with one attached hydrogen (secondary N) is 1. The summed E-state index contributed by atoms with van der Waals surface area (Å²) in [5, 5.41) is 2.85. The molecule has 1 aromatic carbocycles. The highest BCUT2D eigenvalue weighted by Gasteiger charge is 2.11. The average Bonchev–Trinajstić information content (AvgIpc) is 2.46. The third kappa shape index (κ3) is 5.11. The number of hydrogen-bond donors (Lipinski definition) is 1. The number of amides is 1. The molecule has 0 aliphatic rings. The number of unbranched alkanes of at least 4 members (excludes halogenated alkanes) is 1. The molecule has 112 valence electrons. The Morgan fingerprint density at radius 1 is 1.10 bits per heavy atom. The zero-order chi connectivity index (χ0) is 14.8. The minimum absolute atomic E-state index is 0.0760. The quantitative estimate of drug-likeness (QED) is 0.705. The number of carbonyl (C=O) groups is 1. The molecule has 1 rings (SSSR count). The van der Waals surface area contributed by atoms with Gasteiger partial charge in [0, 0.05) is 12.1 Å². The third-order valence-corrected chi connectivity index (χ3v) is 2.80. The van der Waals surface area contributed by atoms with Gasteiger partial charge in [-0.2, -0.15) is 0 Å². The van der Waals surface area contributed by atoms with E-state index in [1.165, 1.54) is 0 Å². The van der Waals surface area contributed by atoms with Crippen molar-refractivity contribution in [2.24, 2.45) is 0 Å². The van der Waals surface area contributed by atoms with Crippen LogP contribution in [0.4, 0.5) is 0 Å². The molecule has 0 spiro atoms. The predicted molar refractivity (Wildman–Crippen MR) is 80.6 cm³/mol. The van der Waals surface area contributed by atoms with Crippen LogP contribution in [0.2, 0.25) is 0 Å². The average molecular weight is 279 g/mol. The van der Waals surface area contributed by atoms with Crippen LogP contribution in [0.3, 0.4) is 0 Å². The maximum Gasteiger partial charge on any atom is 0.251 e. The summed E-state index contributed by atoms with van der Waals surface area (Å²) in [6.07, 6.45) is 3.01. The van der Waals surface area contributed by atoms with Crippen molar-refractivity contribution in [3.63, 3.8) is 0 Å². The van der Waals surface area contributed by atoms with Crippen molar-refractivity contribution in [1.82, 2.24) is 5.32 Å². The van der Waals surface area contributed by atoms with E-state index in [-0.39, 0.29) is 5.91 Å². The Morgan fingerprint density at radius 3 is 2.55 bits per heavy atom. The minimum atomic E-state index is -0.0760. The van der Waals surface area contributed by atoms with Crippen LogP contribution in [-0.2, 0) is 0 Å². The summed E-state index contributed by atoms with van der Waals surface area (Å²) in [6.45, 7) is 7.95. The van der Waals surface area contributed by atoms with Crippen molar-refractivity contribution >= 4 is 5.91 Å². The molecule has 0 aromatic heterocycles. The van der Waals surface area contributed by atoms with E-state index in [0.717, 1.165) is 19.3 Å². The lowest BCUT2D eigenvalue weighted by molar-refractivity contribution is 0.0953. The van der Waals surface area contributed by atoms with E-state index in [9.17, 15) is 4.79 Å². The van der Waals surface area contributed by atoms with Gasteiger partial charge in [0.2, 0.25) is 0 Å². The zero-order valence-electron chi connectivity index (χ0n) is 12.7. The second kappa shape index (κ2) is 9.23. The van der Waals surface area contributed by atoms with E-state index >= 15 is 0 Å². The molecule has 1 amide bonds. The van der Waals surface area contributed by atoms with Gasteiger partial charge in [-0.1, -0.05) is 20.3 Å². The smallest absolute Gasteiger partial charge is 0.251 e. The number of rotatable bonds is 9. The van der Waals surface area contributed by atoms with Crippen molar-refractivity contribution in [1.29, 1.82) is 0 Å². The van der Waals surface area contributed by atoms with Crippen molar-refractivity contribution in [3.8, 4) is 11.5 Å². The first-order valence-electron chi connectivity index (χ1n) is 7.40. The van der Waals surface area contributed by atoms with E-state index in [0.29, 0.717) is 36.8 Å². The van der Waals surface area contributed by atoms with Crippen LogP contribution in [0.5, 0.6) is 11.5 Å². The highest BCUT2D eigenvalue weighted by atomic mass is 16.5. The van der Waals surface area contributed by atoms with Crippen molar-refractivity contribution in [2.45, 2.75) is 40.0 Å². The second-order valence-corrected chi connectivity index (χ2v) is 4.55. The normalized spacial score (nSPS) is 10.2. The van der Waals surface area contributed by atoms with Gasteiger partial charge in [-0.15, -0.1) is 0 Å². The van der Waals surface area contributed by atoms with E-state index in [2.05, 4.69) is 12.2 Å². The van der Waals surface area contributed by atoms with Gasteiger partial charge < -0.3 is 14.8 Å². The SMILES string of the molecule is CCCCOc1ccc(C(=O)NCCC)cc1OCC. The zero-order valence-corrected chi connectivity index (χ0v) is 12.7. The molecule has 1 N–H and O–H groups in total. The summed E-state index contributed by atoms with van der Waals surface area (Å²) < 4.78 is 11.2. The van der Waals surface area contributed by atoms with Crippen LogP contribution in [0.1, 0.15) is 50.4 Å². The van der Waals surface area contributed by atoms with E-state index < -0.39 is 0 Å². The lowest BCUT2D eigenvalue weighted by Gasteiger charge is -2.13. The Labute approximate surface area is 121 Å². The van der Waals surface area contributed by atoms with Crippen molar-refractivity contribution in [2.75, 3.05) is 19.8 Å². The Morgan fingerprint density at radius 2 is 1.90 bits per heavy atom. The fourth-order valence-electron chi connectivity index (χ4n) is 1.70. The Hall–Kier alpha value is -1.71. The Kier molecular flexibility index (Phi) is 7.55. The Bertz CT molecular complexity index is 418. The molecule has 4 nitrogen and oxygen atoms in total. The van der Waals surface area contributed by atoms with E-state index in [4.69, 9.17) is 9.47 Å². The molecule has 0 fully saturated rings.